The lowest BCUT2D eigenvalue weighted by atomic mass is 9.76. The Bertz CT molecular complexity index is 908. The Morgan fingerprint density at radius 3 is 2.71 bits per heavy atom. The van der Waals surface area contributed by atoms with E-state index in [1.54, 1.807) is 7.11 Å². The van der Waals surface area contributed by atoms with Crippen LogP contribution in [0, 0.1) is 11.8 Å². The number of urea groups is 1. The number of nitrogens with zero attached hydrogens (tertiary/aromatic N) is 3. The minimum atomic E-state index is -0.384. The number of fused-ring (bicyclic) bond motifs is 1. The Labute approximate surface area is 212 Å². The van der Waals surface area contributed by atoms with E-state index in [2.05, 4.69) is 26.5 Å². The number of nitrogens with one attached hydrogen (secondary N) is 2. The molecule has 0 spiro atoms. The smallest absolute Gasteiger partial charge is 0.324 e. The summed E-state index contributed by atoms with van der Waals surface area (Å²) in [7, 11) is 1.54. The van der Waals surface area contributed by atoms with E-state index in [0.29, 0.717) is 32.4 Å². The summed E-state index contributed by atoms with van der Waals surface area (Å²) in [5.74, 6) is -0.543. The molecule has 1 aromatic rings. The van der Waals surface area contributed by atoms with Crippen LogP contribution in [0.5, 0.6) is 0 Å². The van der Waals surface area contributed by atoms with Gasteiger partial charge in [-0.2, -0.15) is 0 Å². The fourth-order valence-electron chi connectivity index (χ4n) is 5.36. The van der Waals surface area contributed by atoms with Crippen LogP contribution in [0.4, 0.5) is 10.5 Å². The summed E-state index contributed by atoms with van der Waals surface area (Å²) in [5.41, 5.74) is 1.16. The van der Waals surface area contributed by atoms with Crippen molar-refractivity contribution >= 4 is 35.1 Å². The summed E-state index contributed by atoms with van der Waals surface area (Å²) in [6.45, 7) is 6.05. The number of imide groups is 1. The van der Waals surface area contributed by atoms with Crippen molar-refractivity contribution in [2.45, 2.75) is 31.7 Å². The second-order valence-corrected chi connectivity index (χ2v) is 10.0. The van der Waals surface area contributed by atoms with Gasteiger partial charge in [-0.1, -0.05) is 17.7 Å². The lowest BCUT2D eigenvalue weighted by molar-refractivity contribution is -0.139. The summed E-state index contributed by atoms with van der Waals surface area (Å²) < 4.78 is 5.00. The largest absolute Gasteiger partial charge is 0.383 e. The Balaban J connectivity index is 1.14. The van der Waals surface area contributed by atoms with Gasteiger partial charge in [0.15, 0.2) is 0 Å². The van der Waals surface area contributed by atoms with Crippen LogP contribution in [0.15, 0.2) is 24.3 Å². The first-order valence-corrected chi connectivity index (χ1v) is 13.0. The van der Waals surface area contributed by atoms with Crippen molar-refractivity contribution in [3.63, 3.8) is 0 Å². The second kappa shape index (κ2) is 12.1. The number of piperazine rings is 1. The van der Waals surface area contributed by atoms with E-state index in [0.717, 1.165) is 49.9 Å². The maximum absolute atomic E-state index is 12.8. The van der Waals surface area contributed by atoms with Crippen molar-refractivity contribution in [1.82, 2.24) is 20.4 Å². The van der Waals surface area contributed by atoms with Crippen LogP contribution in [0.1, 0.15) is 25.7 Å². The minimum Gasteiger partial charge on any atom is -0.383 e. The molecule has 9 nitrogen and oxygen atoms in total. The molecule has 3 fully saturated rings. The van der Waals surface area contributed by atoms with E-state index >= 15 is 0 Å². The quantitative estimate of drug-likeness (QED) is 0.498. The molecular weight excluding hydrogens is 470 g/mol. The molecule has 3 unspecified atom stereocenters. The zero-order chi connectivity index (χ0) is 24.8. The van der Waals surface area contributed by atoms with E-state index in [1.165, 1.54) is 4.90 Å². The van der Waals surface area contributed by atoms with Gasteiger partial charge in [0, 0.05) is 62.5 Å². The van der Waals surface area contributed by atoms with Crippen molar-refractivity contribution in [3.05, 3.63) is 29.3 Å². The summed E-state index contributed by atoms with van der Waals surface area (Å²) >= 11 is 6.12. The van der Waals surface area contributed by atoms with Crippen molar-refractivity contribution in [2.24, 2.45) is 11.8 Å². The number of amides is 4. The molecule has 2 N–H and O–H groups in total. The number of ether oxygens (including phenoxy) is 1. The number of hydrogen-bond donors (Lipinski definition) is 2. The summed E-state index contributed by atoms with van der Waals surface area (Å²) in [6.07, 6.45) is 2.68. The van der Waals surface area contributed by atoms with Crippen LogP contribution >= 0.6 is 11.6 Å². The van der Waals surface area contributed by atoms with E-state index in [1.807, 2.05) is 18.2 Å². The maximum Gasteiger partial charge on any atom is 0.324 e. The number of methoxy groups -OCH3 is 1. The summed E-state index contributed by atoms with van der Waals surface area (Å²) in [5, 5.41) is 6.77. The molecule has 192 valence electrons. The van der Waals surface area contributed by atoms with Gasteiger partial charge in [-0.05, 0) is 50.4 Å². The van der Waals surface area contributed by atoms with Crippen molar-refractivity contribution in [3.8, 4) is 0 Å². The Morgan fingerprint density at radius 2 is 1.97 bits per heavy atom. The molecular formula is C25H36ClN5O4. The first-order valence-electron chi connectivity index (χ1n) is 12.6. The molecule has 1 saturated carbocycles. The SMILES string of the molecule is COCCN1C(=O)NC2CC(C(=O)NCCCN3CCN(c4cccc(Cl)c4)CC3)CCC2C1=O. The molecule has 35 heavy (non-hydrogen) atoms. The van der Waals surface area contributed by atoms with Gasteiger partial charge in [-0.25, -0.2) is 4.79 Å². The van der Waals surface area contributed by atoms with Gasteiger partial charge in [0.05, 0.1) is 19.1 Å². The predicted molar refractivity (Wildman–Crippen MR) is 134 cm³/mol. The average Bonchev–Trinajstić information content (AvgIpc) is 2.86. The standard InChI is InChI=1S/C25H36ClN5O4/c1-35-15-14-31-24(33)21-7-6-18(16-22(21)28-25(31)34)23(32)27-8-3-9-29-10-12-30(13-11-29)20-5-2-4-19(26)17-20/h2,4-5,17-18,21-22H,3,6-16H2,1H3,(H,27,32)(H,28,34). The number of hydrogen-bond acceptors (Lipinski definition) is 6. The van der Waals surface area contributed by atoms with Crippen molar-refractivity contribution < 1.29 is 19.1 Å². The molecule has 0 aromatic heterocycles. The van der Waals surface area contributed by atoms with Gasteiger partial charge in [-0.15, -0.1) is 0 Å². The highest BCUT2D eigenvalue weighted by atomic mass is 35.5. The van der Waals surface area contributed by atoms with E-state index in [4.69, 9.17) is 16.3 Å². The molecule has 4 rings (SSSR count). The van der Waals surface area contributed by atoms with Crippen LogP contribution in [-0.2, 0) is 14.3 Å². The molecule has 2 heterocycles. The van der Waals surface area contributed by atoms with Gasteiger partial charge in [-0.3, -0.25) is 19.4 Å². The van der Waals surface area contributed by atoms with Gasteiger partial charge in [0.25, 0.3) is 0 Å². The van der Waals surface area contributed by atoms with Gasteiger partial charge < -0.3 is 20.3 Å². The molecule has 0 radical (unpaired) electrons. The highest BCUT2D eigenvalue weighted by Crippen LogP contribution is 2.33. The fraction of sp³-hybridized carbons (Fsp3) is 0.640. The zero-order valence-electron chi connectivity index (χ0n) is 20.4. The topological polar surface area (TPSA) is 94.2 Å². The van der Waals surface area contributed by atoms with Crippen LogP contribution < -0.4 is 15.5 Å². The molecule has 3 aliphatic rings. The molecule has 1 aromatic carbocycles. The van der Waals surface area contributed by atoms with Crippen molar-refractivity contribution in [2.75, 3.05) is 64.4 Å². The van der Waals surface area contributed by atoms with Gasteiger partial charge in [0.2, 0.25) is 11.8 Å². The van der Waals surface area contributed by atoms with Gasteiger partial charge >= 0.3 is 6.03 Å². The van der Waals surface area contributed by atoms with E-state index in [-0.39, 0.29) is 42.3 Å². The Kier molecular flexibility index (Phi) is 8.86. The van der Waals surface area contributed by atoms with E-state index < -0.39 is 0 Å². The average molecular weight is 506 g/mol. The number of carbonyl (C=O) groups excluding carboxylic acids is 3. The van der Waals surface area contributed by atoms with Gasteiger partial charge in [0.1, 0.15) is 0 Å². The van der Waals surface area contributed by atoms with Crippen LogP contribution in [0.25, 0.3) is 0 Å². The molecule has 4 amide bonds. The number of carbonyl (C=O) groups is 3. The Hall–Kier alpha value is -2.36. The third-order valence-electron chi connectivity index (χ3n) is 7.37. The first kappa shape index (κ1) is 25.7. The lowest BCUT2D eigenvalue weighted by Crippen LogP contribution is -2.62. The zero-order valence-corrected chi connectivity index (χ0v) is 21.1. The number of halogens is 1. The minimum absolute atomic E-state index is 0.0257. The molecule has 2 aliphatic heterocycles. The predicted octanol–water partition coefficient (Wildman–Crippen LogP) is 1.95. The monoisotopic (exact) mass is 505 g/mol. The molecule has 10 heteroatoms. The van der Waals surface area contributed by atoms with E-state index in [9.17, 15) is 14.4 Å². The van der Waals surface area contributed by atoms with Crippen LogP contribution in [0.3, 0.4) is 0 Å². The number of benzene rings is 1. The third kappa shape index (κ3) is 6.45. The fourth-order valence-corrected chi connectivity index (χ4v) is 5.54. The van der Waals surface area contributed by atoms with Crippen molar-refractivity contribution in [1.29, 1.82) is 0 Å². The Morgan fingerprint density at radius 1 is 1.17 bits per heavy atom. The summed E-state index contributed by atoms with van der Waals surface area (Å²) in [4.78, 5) is 43.8. The molecule has 3 atom stereocenters. The molecule has 1 aliphatic carbocycles. The third-order valence-corrected chi connectivity index (χ3v) is 7.61. The highest BCUT2D eigenvalue weighted by molar-refractivity contribution is 6.30. The number of anilines is 1. The maximum atomic E-state index is 12.8. The molecule has 2 saturated heterocycles. The second-order valence-electron chi connectivity index (χ2n) is 9.61. The van der Waals surface area contributed by atoms with Crippen LogP contribution in [-0.4, -0.2) is 93.2 Å². The highest BCUT2D eigenvalue weighted by Gasteiger charge is 2.45. The first-order chi connectivity index (χ1) is 17.0. The number of rotatable bonds is 9. The lowest BCUT2D eigenvalue weighted by Gasteiger charge is -2.41. The summed E-state index contributed by atoms with van der Waals surface area (Å²) in [6, 6.07) is 7.32. The van der Waals surface area contributed by atoms with Crippen LogP contribution in [0.2, 0.25) is 5.02 Å². The normalized spacial score (nSPS) is 25.3. The molecule has 0 bridgehead atoms.